The molecule has 12 heavy (non-hydrogen) atoms. The minimum Gasteiger partial charge on any atom is -0.406 e. The van der Waals surface area contributed by atoms with Crippen LogP contribution in [0.15, 0.2) is 47.8 Å². The van der Waals surface area contributed by atoms with Gasteiger partial charge in [0, 0.05) is 12.6 Å². The second-order valence-electron chi connectivity index (χ2n) is 2.87. The highest BCUT2D eigenvalue weighted by Crippen LogP contribution is 2.20. The van der Waals surface area contributed by atoms with Crippen molar-refractivity contribution in [2.24, 2.45) is 0 Å². The molecule has 1 heterocycles. The Balaban J connectivity index is 2.29. The molecule has 0 saturated carbocycles. The van der Waals surface area contributed by atoms with Crippen LogP contribution in [0.1, 0.15) is 0 Å². The van der Waals surface area contributed by atoms with Gasteiger partial charge in [-0.15, -0.1) is 5.06 Å². The number of hydroxylamine groups is 2. The molecule has 2 nitrogen and oxygen atoms in total. The Hall–Kier alpha value is -1.28. The van der Waals surface area contributed by atoms with E-state index in [9.17, 15) is 0 Å². The van der Waals surface area contributed by atoms with E-state index in [2.05, 4.69) is 6.08 Å². The molecule has 2 rings (SSSR count). The highest BCUT2D eigenvalue weighted by molar-refractivity contribution is 5.37. The van der Waals surface area contributed by atoms with Crippen LogP contribution in [0.4, 0.5) is 0 Å². The van der Waals surface area contributed by atoms with Gasteiger partial charge < -0.3 is 4.84 Å². The second kappa shape index (κ2) is 2.99. The first kappa shape index (κ1) is 7.37. The van der Waals surface area contributed by atoms with Crippen LogP contribution in [-0.2, 0) is 4.84 Å². The van der Waals surface area contributed by atoms with E-state index in [4.69, 9.17) is 4.84 Å². The van der Waals surface area contributed by atoms with Crippen LogP contribution in [0.3, 0.4) is 0 Å². The fourth-order valence-electron chi connectivity index (χ4n) is 1.29. The van der Waals surface area contributed by atoms with Gasteiger partial charge in [0.2, 0.25) is 0 Å². The molecule has 0 saturated heterocycles. The van der Waals surface area contributed by atoms with Gasteiger partial charge >= 0.3 is 0 Å². The third-order valence-corrected chi connectivity index (χ3v) is 1.84. The monoisotopic (exact) mass is 161 g/mol. The maximum Gasteiger partial charge on any atom is 0.152 e. The molecule has 0 unspecified atom stereocenters. The summed E-state index contributed by atoms with van der Waals surface area (Å²) >= 11 is 0. The van der Waals surface area contributed by atoms with Crippen molar-refractivity contribution < 1.29 is 4.84 Å². The molecular formula is C10H11NO. The molecule has 0 spiro atoms. The molecule has 0 atom stereocenters. The summed E-state index contributed by atoms with van der Waals surface area (Å²) in [5.41, 5.74) is 1.23. The lowest BCUT2D eigenvalue weighted by Gasteiger charge is -2.06. The van der Waals surface area contributed by atoms with Crippen LogP contribution in [0, 0.1) is 0 Å². The Labute approximate surface area is 72.1 Å². The van der Waals surface area contributed by atoms with Gasteiger partial charge in [0.25, 0.3) is 0 Å². The topological polar surface area (TPSA) is 12.5 Å². The molecule has 0 aromatic carbocycles. The third-order valence-electron chi connectivity index (χ3n) is 1.84. The minimum atomic E-state index is 0.865. The fraction of sp³-hybridized carbons (Fsp3) is 0.200. The summed E-state index contributed by atoms with van der Waals surface area (Å²) in [5, 5.41) is 1.82. The molecule has 0 aromatic rings. The molecular weight excluding hydrogens is 150 g/mol. The molecule has 0 radical (unpaired) electrons. The number of hydrogen-bond acceptors (Lipinski definition) is 2. The van der Waals surface area contributed by atoms with Gasteiger partial charge in [-0.3, -0.25) is 0 Å². The Morgan fingerprint density at radius 1 is 1.17 bits per heavy atom. The predicted octanol–water partition coefficient (Wildman–Crippen LogP) is 1.80. The van der Waals surface area contributed by atoms with Crippen LogP contribution in [0.2, 0.25) is 0 Å². The number of allylic oxidation sites excluding steroid dienone is 5. The Morgan fingerprint density at radius 2 is 1.92 bits per heavy atom. The summed E-state index contributed by atoms with van der Waals surface area (Å²) in [5.74, 6) is 0.957. The first-order chi connectivity index (χ1) is 5.86. The third kappa shape index (κ3) is 1.34. The van der Waals surface area contributed by atoms with Crippen molar-refractivity contribution in [2.75, 3.05) is 13.6 Å². The van der Waals surface area contributed by atoms with Crippen molar-refractivity contribution in [3.05, 3.63) is 47.8 Å². The smallest absolute Gasteiger partial charge is 0.152 e. The van der Waals surface area contributed by atoms with Crippen LogP contribution < -0.4 is 0 Å². The standard InChI is InChI=1S/C10H11NO/c1-11-8-9-6-4-2-3-5-7-10(9)12-11/h2-7H,8H2,1H3. The summed E-state index contributed by atoms with van der Waals surface area (Å²) in [6.07, 6.45) is 12.1. The van der Waals surface area contributed by atoms with E-state index in [-0.39, 0.29) is 0 Å². The molecule has 0 fully saturated rings. The summed E-state index contributed by atoms with van der Waals surface area (Å²) < 4.78 is 0. The number of nitrogens with zero attached hydrogens (tertiary/aromatic N) is 1. The molecule has 0 amide bonds. The zero-order valence-corrected chi connectivity index (χ0v) is 7.03. The van der Waals surface area contributed by atoms with E-state index in [0.29, 0.717) is 0 Å². The summed E-state index contributed by atoms with van der Waals surface area (Å²) in [6, 6.07) is 0. The molecule has 0 N–H and O–H groups in total. The van der Waals surface area contributed by atoms with Crippen LogP contribution in [-0.4, -0.2) is 18.7 Å². The van der Waals surface area contributed by atoms with E-state index in [0.717, 1.165) is 12.3 Å². The zero-order valence-electron chi connectivity index (χ0n) is 7.03. The largest absolute Gasteiger partial charge is 0.406 e. The van der Waals surface area contributed by atoms with E-state index in [1.165, 1.54) is 5.57 Å². The van der Waals surface area contributed by atoms with E-state index < -0.39 is 0 Å². The van der Waals surface area contributed by atoms with E-state index in [1.807, 2.05) is 42.5 Å². The van der Waals surface area contributed by atoms with Crippen LogP contribution >= 0.6 is 0 Å². The van der Waals surface area contributed by atoms with Crippen LogP contribution in [0.5, 0.6) is 0 Å². The van der Waals surface area contributed by atoms with Gasteiger partial charge in [0.1, 0.15) is 0 Å². The molecule has 0 bridgehead atoms. The van der Waals surface area contributed by atoms with E-state index >= 15 is 0 Å². The van der Waals surface area contributed by atoms with Crippen molar-refractivity contribution in [1.82, 2.24) is 5.06 Å². The zero-order chi connectivity index (χ0) is 8.39. The van der Waals surface area contributed by atoms with Gasteiger partial charge in [-0.2, -0.15) is 0 Å². The lowest BCUT2D eigenvalue weighted by molar-refractivity contribution is -0.0613. The van der Waals surface area contributed by atoms with Crippen molar-refractivity contribution in [3.8, 4) is 0 Å². The molecule has 0 aromatic heterocycles. The van der Waals surface area contributed by atoms with Crippen LogP contribution in [0.25, 0.3) is 0 Å². The van der Waals surface area contributed by atoms with Gasteiger partial charge in [0.15, 0.2) is 5.76 Å². The van der Waals surface area contributed by atoms with Crippen molar-refractivity contribution >= 4 is 0 Å². The van der Waals surface area contributed by atoms with Gasteiger partial charge in [-0.1, -0.05) is 30.4 Å². The molecule has 62 valence electrons. The first-order valence-electron chi connectivity index (χ1n) is 4.00. The van der Waals surface area contributed by atoms with Crippen molar-refractivity contribution in [3.63, 3.8) is 0 Å². The fourth-order valence-corrected chi connectivity index (χ4v) is 1.29. The highest BCUT2D eigenvalue weighted by Gasteiger charge is 2.16. The number of hydrogen-bond donors (Lipinski definition) is 0. The average Bonchev–Trinajstić information content (AvgIpc) is 2.32. The average molecular weight is 161 g/mol. The number of likely N-dealkylation sites (N-methyl/N-ethyl adjacent to an activating group) is 1. The normalized spacial score (nSPS) is 22.1. The maximum atomic E-state index is 5.44. The SMILES string of the molecule is CN1CC2=C(C=CC=CC=C2)O1. The van der Waals surface area contributed by atoms with Crippen molar-refractivity contribution in [1.29, 1.82) is 0 Å². The Kier molecular flexibility index (Phi) is 1.84. The van der Waals surface area contributed by atoms with Gasteiger partial charge in [0.05, 0.1) is 6.54 Å². The lowest BCUT2D eigenvalue weighted by atomic mass is 10.2. The quantitative estimate of drug-likeness (QED) is 0.537. The number of rotatable bonds is 0. The van der Waals surface area contributed by atoms with Gasteiger partial charge in [-0.25, -0.2) is 0 Å². The Morgan fingerprint density at radius 3 is 2.75 bits per heavy atom. The summed E-state index contributed by atoms with van der Waals surface area (Å²) in [7, 11) is 1.93. The van der Waals surface area contributed by atoms with Gasteiger partial charge in [-0.05, 0) is 6.08 Å². The summed E-state index contributed by atoms with van der Waals surface area (Å²) in [4.78, 5) is 5.44. The Bertz CT molecular complexity index is 269. The predicted molar refractivity (Wildman–Crippen MR) is 48.2 cm³/mol. The van der Waals surface area contributed by atoms with E-state index in [1.54, 1.807) is 0 Å². The molecule has 2 aliphatic rings. The lowest BCUT2D eigenvalue weighted by Crippen LogP contribution is -2.11. The second-order valence-corrected chi connectivity index (χ2v) is 2.87. The minimum absolute atomic E-state index is 0.865. The molecule has 1 aliphatic heterocycles. The molecule has 2 heteroatoms. The summed E-state index contributed by atoms with van der Waals surface area (Å²) in [6.45, 7) is 0.865. The first-order valence-corrected chi connectivity index (χ1v) is 4.00. The van der Waals surface area contributed by atoms with Crippen molar-refractivity contribution in [2.45, 2.75) is 0 Å². The molecule has 1 aliphatic carbocycles. The maximum absolute atomic E-state index is 5.44. The highest BCUT2D eigenvalue weighted by atomic mass is 16.7.